The van der Waals surface area contributed by atoms with Gasteiger partial charge in [0.25, 0.3) is 5.91 Å². The van der Waals surface area contributed by atoms with Crippen LogP contribution in [-0.4, -0.2) is 41.1 Å². The first kappa shape index (κ1) is 12.6. The van der Waals surface area contributed by atoms with Crippen LogP contribution in [0.1, 0.15) is 35.7 Å². The minimum atomic E-state index is 0.0813. The second-order valence-corrected chi connectivity index (χ2v) is 5.77. The highest BCUT2D eigenvalue weighted by Crippen LogP contribution is 2.33. The summed E-state index contributed by atoms with van der Waals surface area (Å²) in [5, 5.41) is 0. The monoisotopic (exact) mass is 260 g/mol. The summed E-state index contributed by atoms with van der Waals surface area (Å²) in [7, 11) is 0. The van der Waals surface area contributed by atoms with Crippen molar-refractivity contribution in [2.24, 2.45) is 5.92 Å². The highest BCUT2D eigenvalue weighted by atomic mass is 16.5. The molecular weight excluding hydrogens is 240 g/mol. The van der Waals surface area contributed by atoms with Gasteiger partial charge in [-0.1, -0.05) is 0 Å². The number of fused-ring (bicyclic) bond motifs is 1. The molecule has 0 aliphatic carbocycles. The number of ether oxygens (including phenoxy) is 1. The first-order valence-corrected chi connectivity index (χ1v) is 7.00. The number of aryl methyl sites for hydroxylation is 1. The standard InChI is InChI=1S/C15H20N2O2/c1-10-5-13(8-16-7-10)15(18)17-4-3-12-6-11(2)19-14(12)9-17/h5,7-8,11-12,14H,3-4,6,9H2,1-2H3/t11-,12-,14+/m0/s1. The highest BCUT2D eigenvalue weighted by Gasteiger charge is 2.38. The van der Waals surface area contributed by atoms with Crippen LogP contribution in [0.2, 0.25) is 0 Å². The number of nitrogens with zero attached hydrogens (tertiary/aromatic N) is 2. The molecule has 0 aromatic carbocycles. The average Bonchev–Trinajstić information content (AvgIpc) is 2.76. The Hall–Kier alpha value is -1.42. The van der Waals surface area contributed by atoms with Crippen molar-refractivity contribution in [3.63, 3.8) is 0 Å². The lowest BCUT2D eigenvalue weighted by atomic mass is 9.92. The summed E-state index contributed by atoms with van der Waals surface area (Å²) in [6.45, 7) is 5.64. The molecule has 3 rings (SSSR count). The van der Waals surface area contributed by atoms with Crippen molar-refractivity contribution in [1.29, 1.82) is 0 Å². The Labute approximate surface area is 113 Å². The molecule has 0 unspecified atom stereocenters. The van der Waals surface area contributed by atoms with Crippen LogP contribution in [0, 0.1) is 12.8 Å². The zero-order valence-corrected chi connectivity index (χ0v) is 11.5. The molecule has 3 atom stereocenters. The van der Waals surface area contributed by atoms with Crippen molar-refractivity contribution in [3.8, 4) is 0 Å². The number of aromatic nitrogens is 1. The van der Waals surface area contributed by atoms with Crippen molar-refractivity contribution < 1.29 is 9.53 Å². The van der Waals surface area contributed by atoms with Crippen LogP contribution in [0.5, 0.6) is 0 Å². The SMILES string of the molecule is Cc1cncc(C(=O)N2CC[C@H]3C[C@H](C)O[C@@H]3C2)c1. The molecule has 3 heterocycles. The lowest BCUT2D eigenvalue weighted by Crippen LogP contribution is -2.45. The van der Waals surface area contributed by atoms with Gasteiger partial charge in [-0.15, -0.1) is 0 Å². The van der Waals surface area contributed by atoms with Gasteiger partial charge < -0.3 is 9.64 Å². The number of likely N-dealkylation sites (tertiary alicyclic amines) is 1. The Kier molecular flexibility index (Phi) is 3.27. The van der Waals surface area contributed by atoms with Crippen molar-refractivity contribution in [2.75, 3.05) is 13.1 Å². The number of carbonyl (C=O) groups is 1. The summed E-state index contributed by atoms with van der Waals surface area (Å²) in [5.74, 6) is 0.715. The Morgan fingerprint density at radius 2 is 2.32 bits per heavy atom. The third kappa shape index (κ3) is 2.50. The maximum absolute atomic E-state index is 12.5. The van der Waals surface area contributed by atoms with Crippen LogP contribution in [-0.2, 0) is 4.74 Å². The zero-order valence-electron chi connectivity index (χ0n) is 11.5. The highest BCUT2D eigenvalue weighted by molar-refractivity contribution is 5.94. The molecule has 0 N–H and O–H groups in total. The second-order valence-electron chi connectivity index (χ2n) is 5.77. The first-order chi connectivity index (χ1) is 9.13. The third-order valence-corrected chi connectivity index (χ3v) is 4.15. The molecule has 1 aromatic heterocycles. The summed E-state index contributed by atoms with van der Waals surface area (Å²) in [4.78, 5) is 18.5. The number of pyridine rings is 1. The van der Waals surface area contributed by atoms with Crippen molar-refractivity contribution >= 4 is 5.91 Å². The van der Waals surface area contributed by atoms with Gasteiger partial charge in [-0.2, -0.15) is 0 Å². The van der Waals surface area contributed by atoms with Gasteiger partial charge in [-0.25, -0.2) is 0 Å². The number of hydrogen-bond acceptors (Lipinski definition) is 3. The van der Waals surface area contributed by atoms with Crippen molar-refractivity contribution in [3.05, 3.63) is 29.6 Å². The van der Waals surface area contributed by atoms with E-state index in [0.29, 0.717) is 17.6 Å². The van der Waals surface area contributed by atoms with Crippen LogP contribution in [0.3, 0.4) is 0 Å². The van der Waals surface area contributed by atoms with Crippen molar-refractivity contribution in [2.45, 2.75) is 38.9 Å². The predicted molar refractivity (Wildman–Crippen MR) is 71.9 cm³/mol. The molecular formula is C15H20N2O2. The lowest BCUT2D eigenvalue weighted by molar-refractivity contribution is 0.00155. The predicted octanol–water partition coefficient (Wildman–Crippen LogP) is 2.03. The molecule has 4 nitrogen and oxygen atoms in total. The van der Waals surface area contributed by atoms with E-state index in [1.54, 1.807) is 12.4 Å². The molecule has 2 aliphatic heterocycles. The number of hydrogen-bond donors (Lipinski definition) is 0. The molecule has 0 saturated carbocycles. The van der Waals surface area contributed by atoms with Gasteiger partial charge in [0.15, 0.2) is 0 Å². The fourth-order valence-electron chi connectivity index (χ4n) is 3.21. The Balaban J connectivity index is 1.71. The summed E-state index contributed by atoms with van der Waals surface area (Å²) in [6.07, 6.45) is 6.18. The van der Waals surface area contributed by atoms with Crippen molar-refractivity contribution in [1.82, 2.24) is 9.88 Å². The molecule has 19 heavy (non-hydrogen) atoms. The van der Waals surface area contributed by atoms with E-state index in [4.69, 9.17) is 4.74 Å². The number of amides is 1. The Morgan fingerprint density at radius 3 is 3.11 bits per heavy atom. The van der Waals surface area contributed by atoms with E-state index in [1.165, 1.54) is 0 Å². The van der Waals surface area contributed by atoms with Crippen LogP contribution < -0.4 is 0 Å². The molecule has 2 aliphatic rings. The molecule has 2 fully saturated rings. The van der Waals surface area contributed by atoms with Crippen LogP contribution in [0.25, 0.3) is 0 Å². The molecule has 0 bridgehead atoms. The minimum absolute atomic E-state index is 0.0813. The lowest BCUT2D eigenvalue weighted by Gasteiger charge is -2.34. The number of rotatable bonds is 1. The maximum atomic E-state index is 12.5. The van der Waals surface area contributed by atoms with Crippen LogP contribution >= 0.6 is 0 Å². The smallest absolute Gasteiger partial charge is 0.255 e. The molecule has 0 radical (unpaired) electrons. The van der Waals surface area contributed by atoms with Gasteiger partial charge in [0.05, 0.1) is 17.8 Å². The topological polar surface area (TPSA) is 42.4 Å². The molecule has 102 valence electrons. The summed E-state index contributed by atoms with van der Waals surface area (Å²) in [5.41, 5.74) is 1.70. The minimum Gasteiger partial charge on any atom is -0.373 e. The number of carbonyl (C=O) groups excluding carboxylic acids is 1. The van der Waals surface area contributed by atoms with Gasteiger partial charge in [0.2, 0.25) is 0 Å². The van der Waals surface area contributed by atoms with Crippen LogP contribution in [0.4, 0.5) is 0 Å². The fraction of sp³-hybridized carbons (Fsp3) is 0.600. The van der Waals surface area contributed by atoms with Gasteiger partial charge in [-0.05, 0) is 44.2 Å². The van der Waals surface area contributed by atoms with E-state index in [9.17, 15) is 4.79 Å². The normalized spacial score (nSPS) is 30.2. The van der Waals surface area contributed by atoms with Crippen LogP contribution in [0.15, 0.2) is 18.5 Å². The Bertz CT molecular complexity index is 489. The molecule has 1 amide bonds. The van der Waals surface area contributed by atoms with Gasteiger partial charge in [0, 0.05) is 25.5 Å². The van der Waals surface area contributed by atoms with E-state index in [-0.39, 0.29) is 12.0 Å². The van der Waals surface area contributed by atoms with E-state index in [1.807, 2.05) is 17.9 Å². The van der Waals surface area contributed by atoms with Gasteiger partial charge in [-0.3, -0.25) is 9.78 Å². The van der Waals surface area contributed by atoms with Gasteiger partial charge in [0.1, 0.15) is 0 Å². The maximum Gasteiger partial charge on any atom is 0.255 e. The second kappa shape index (κ2) is 4.93. The summed E-state index contributed by atoms with van der Waals surface area (Å²) < 4.78 is 5.90. The fourth-order valence-corrected chi connectivity index (χ4v) is 3.21. The van der Waals surface area contributed by atoms with E-state index in [0.717, 1.165) is 31.5 Å². The van der Waals surface area contributed by atoms with Gasteiger partial charge >= 0.3 is 0 Å². The molecule has 1 aromatic rings. The molecule has 2 saturated heterocycles. The molecule has 0 spiro atoms. The van der Waals surface area contributed by atoms with E-state index < -0.39 is 0 Å². The summed E-state index contributed by atoms with van der Waals surface area (Å²) in [6, 6.07) is 1.90. The zero-order chi connectivity index (χ0) is 13.4. The quantitative estimate of drug-likeness (QED) is 0.776. The average molecular weight is 260 g/mol. The Morgan fingerprint density at radius 1 is 1.47 bits per heavy atom. The number of piperidine rings is 1. The first-order valence-electron chi connectivity index (χ1n) is 7.00. The summed E-state index contributed by atoms with van der Waals surface area (Å²) >= 11 is 0. The van der Waals surface area contributed by atoms with E-state index in [2.05, 4.69) is 11.9 Å². The largest absolute Gasteiger partial charge is 0.373 e. The third-order valence-electron chi connectivity index (χ3n) is 4.15. The van der Waals surface area contributed by atoms with E-state index >= 15 is 0 Å². The molecule has 4 heteroatoms.